The zero-order valence-corrected chi connectivity index (χ0v) is 11.8. The summed E-state index contributed by atoms with van der Waals surface area (Å²) in [6.07, 6.45) is 3.27. The molecule has 1 heterocycles. The molecule has 0 spiro atoms. The lowest BCUT2D eigenvalue weighted by atomic mass is 10.2. The molecule has 0 fully saturated rings. The third-order valence-corrected chi connectivity index (χ3v) is 3.40. The molecule has 94 valence electrons. The second-order valence-corrected chi connectivity index (χ2v) is 4.67. The summed E-state index contributed by atoms with van der Waals surface area (Å²) >= 11 is 3.45. The Labute approximate surface area is 114 Å². The number of nitrogens with zero attached hydrogens (tertiary/aromatic N) is 2. The van der Waals surface area contributed by atoms with Crippen molar-refractivity contribution in [1.82, 2.24) is 9.55 Å². The number of ether oxygens (including phenoxy) is 1. The molecule has 0 saturated heterocycles. The number of carbonyl (C=O) groups excluding carboxylic acids is 1. The number of aryl methyl sites for hydroxylation is 1. The first-order valence-corrected chi connectivity index (χ1v) is 6.38. The molecule has 4 nitrogen and oxygen atoms in total. The van der Waals surface area contributed by atoms with Crippen LogP contribution in [0.15, 0.2) is 35.2 Å². The average molecular weight is 309 g/mol. The number of imidazole rings is 1. The molecule has 0 aliphatic rings. The maximum absolute atomic E-state index is 11.5. The predicted octanol–water partition coefficient (Wildman–Crippen LogP) is 3.12. The van der Waals surface area contributed by atoms with E-state index in [9.17, 15) is 4.79 Å². The molecule has 0 atom stereocenters. The van der Waals surface area contributed by atoms with Crippen molar-refractivity contribution in [3.05, 3.63) is 46.5 Å². The van der Waals surface area contributed by atoms with Gasteiger partial charge in [-0.3, -0.25) is 0 Å². The Kier molecular flexibility index (Phi) is 3.81. The van der Waals surface area contributed by atoms with Gasteiger partial charge in [-0.2, -0.15) is 0 Å². The molecular formula is C13H13BrN2O2. The summed E-state index contributed by atoms with van der Waals surface area (Å²) in [4.78, 5) is 15.5. The molecule has 0 N–H and O–H groups in total. The number of rotatable bonds is 3. The van der Waals surface area contributed by atoms with Gasteiger partial charge in [0.2, 0.25) is 0 Å². The van der Waals surface area contributed by atoms with Crippen LogP contribution in [0.5, 0.6) is 0 Å². The Morgan fingerprint density at radius 2 is 2.28 bits per heavy atom. The number of aromatic nitrogens is 2. The predicted molar refractivity (Wildman–Crippen MR) is 72.0 cm³/mol. The largest absolute Gasteiger partial charge is 0.461 e. The Bertz CT molecular complexity index is 578. The van der Waals surface area contributed by atoms with Crippen LogP contribution in [0.3, 0.4) is 0 Å². The highest BCUT2D eigenvalue weighted by Gasteiger charge is 2.10. The summed E-state index contributed by atoms with van der Waals surface area (Å²) in [5.41, 5.74) is 2.40. The van der Waals surface area contributed by atoms with Crippen LogP contribution in [0.2, 0.25) is 0 Å². The van der Waals surface area contributed by atoms with Crippen molar-refractivity contribution in [1.29, 1.82) is 0 Å². The van der Waals surface area contributed by atoms with Crippen molar-refractivity contribution < 1.29 is 9.53 Å². The number of hydrogen-bond acceptors (Lipinski definition) is 3. The Hall–Kier alpha value is -1.62. The van der Waals surface area contributed by atoms with Crippen molar-refractivity contribution in [2.24, 2.45) is 0 Å². The minimum absolute atomic E-state index is 0.317. The fourth-order valence-corrected chi connectivity index (χ4v) is 1.81. The molecular weight excluding hydrogens is 296 g/mol. The Balaban J connectivity index is 2.29. The number of benzene rings is 1. The van der Waals surface area contributed by atoms with E-state index in [0.717, 1.165) is 15.7 Å². The zero-order chi connectivity index (χ0) is 13.1. The van der Waals surface area contributed by atoms with Crippen molar-refractivity contribution in [2.75, 3.05) is 6.61 Å². The van der Waals surface area contributed by atoms with E-state index >= 15 is 0 Å². The van der Waals surface area contributed by atoms with Crippen LogP contribution < -0.4 is 0 Å². The van der Waals surface area contributed by atoms with Crippen molar-refractivity contribution in [3.8, 4) is 5.69 Å². The molecule has 0 amide bonds. The molecule has 1 aromatic heterocycles. The lowest BCUT2D eigenvalue weighted by Crippen LogP contribution is -2.04. The van der Waals surface area contributed by atoms with Crippen LogP contribution in [0.4, 0.5) is 0 Å². The van der Waals surface area contributed by atoms with Gasteiger partial charge in [0.05, 0.1) is 6.61 Å². The first-order valence-electron chi connectivity index (χ1n) is 5.59. The average Bonchev–Trinajstić information content (AvgIpc) is 2.82. The number of carbonyl (C=O) groups is 1. The molecule has 0 saturated carbocycles. The fraction of sp³-hybridized carbons (Fsp3) is 0.231. The van der Waals surface area contributed by atoms with Gasteiger partial charge in [0.1, 0.15) is 6.33 Å². The summed E-state index contributed by atoms with van der Waals surface area (Å²) in [6.45, 7) is 4.13. The third kappa shape index (κ3) is 2.61. The van der Waals surface area contributed by atoms with E-state index in [-0.39, 0.29) is 0 Å². The van der Waals surface area contributed by atoms with Gasteiger partial charge in [-0.1, -0.05) is 15.9 Å². The second kappa shape index (κ2) is 5.35. The molecule has 2 rings (SSSR count). The van der Waals surface area contributed by atoms with Crippen LogP contribution in [0.25, 0.3) is 5.69 Å². The van der Waals surface area contributed by atoms with E-state index in [2.05, 4.69) is 20.9 Å². The monoisotopic (exact) mass is 308 g/mol. The van der Waals surface area contributed by atoms with Crippen molar-refractivity contribution >= 4 is 21.9 Å². The highest BCUT2D eigenvalue weighted by molar-refractivity contribution is 9.10. The van der Waals surface area contributed by atoms with Gasteiger partial charge in [0.25, 0.3) is 0 Å². The molecule has 5 heteroatoms. The maximum atomic E-state index is 11.5. The minimum Gasteiger partial charge on any atom is -0.461 e. The van der Waals surface area contributed by atoms with Gasteiger partial charge in [-0.05, 0) is 37.6 Å². The highest BCUT2D eigenvalue weighted by atomic mass is 79.9. The fourth-order valence-electron chi connectivity index (χ4n) is 1.56. The summed E-state index contributed by atoms with van der Waals surface area (Å²) < 4.78 is 7.75. The molecule has 0 aliphatic carbocycles. The lowest BCUT2D eigenvalue weighted by Gasteiger charge is -2.04. The topological polar surface area (TPSA) is 44.1 Å². The molecule has 2 aromatic rings. The lowest BCUT2D eigenvalue weighted by molar-refractivity contribution is 0.0520. The first-order chi connectivity index (χ1) is 8.61. The quantitative estimate of drug-likeness (QED) is 0.818. The third-order valence-electron chi connectivity index (χ3n) is 2.51. The van der Waals surface area contributed by atoms with Crippen LogP contribution in [0, 0.1) is 6.92 Å². The van der Waals surface area contributed by atoms with Crippen LogP contribution in [-0.2, 0) is 4.74 Å². The van der Waals surface area contributed by atoms with Gasteiger partial charge >= 0.3 is 5.97 Å². The zero-order valence-electron chi connectivity index (χ0n) is 10.2. The minimum atomic E-state index is -0.398. The van der Waals surface area contributed by atoms with E-state index in [1.54, 1.807) is 24.0 Å². The summed E-state index contributed by atoms with van der Waals surface area (Å²) in [6, 6.07) is 5.93. The molecule has 0 unspecified atom stereocenters. The van der Waals surface area contributed by atoms with Crippen LogP contribution in [-0.4, -0.2) is 22.1 Å². The Morgan fingerprint density at radius 1 is 1.50 bits per heavy atom. The van der Waals surface area contributed by atoms with Crippen molar-refractivity contribution in [2.45, 2.75) is 13.8 Å². The van der Waals surface area contributed by atoms with Gasteiger partial charge in [-0.25, -0.2) is 9.78 Å². The summed E-state index contributed by atoms with van der Waals surface area (Å²) in [5, 5.41) is 0. The molecule has 0 radical (unpaired) electrons. The van der Waals surface area contributed by atoms with E-state index in [0.29, 0.717) is 12.3 Å². The second-order valence-electron chi connectivity index (χ2n) is 3.82. The van der Waals surface area contributed by atoms with Crippen molar-refractivity contribution in [3.63, 3.8) is 0 Å². The molecule has 0 aliphatic heterocycles. The summed E-state index contributed by atoms with van der Waals surface area (Å²) in [5.74, 6) is -0.398. The van der Waals surface area contributed by atoms with E-state index < -0.39 is 5.97 Å². The first kappa shape index (κ1) is 12.8. The van der Waals surface area contributed by atoms with Gasteiger partial charge in [0.15, 0.2) is 5.69 Å². The van der Waals surface area contributed by atoms with Crippen LogP contribution in [0.1, 0.15) is 23.0 Å². The van der Waals surface area contributed by atoms with E-state index in [1.165, 1.54) is 0 Å². The highest BCUT2D eigenvalue weighted by Crippen LogP contribution is 2.19. The number of halogens is 1. The van der Waals surface area contributed by atoms with E-state index in [1.807, 2.05) is 25.1 Å². The molecule has 0 bridgehead atoms. The Morgan fingerprint density at radius 3 is 2.94 bits per heavy atom. The van der Waals surface area contributed by atoms with Gasteiger partial charge in [-0.15, -0.1) is 0 Å². The van der Waals surface area contributed by atoms with Crippen LogP contribution >= 0.6 is 15.9 Å². The summed E-state index contributed by atoms with van der Waals surface area (Å²) in [7, 11) is 0. The number of esters is 1. The standard InChI is InChI=1S/C13H13BrN2O2/c1-3-18-13(17)12-7-16(8-15-12)10-4-5-11(14)9(2)6-10/h4-8H,3H2,1-2H3. The SMILES string of the molecule is CCOC(=O)c1cn(-c2ccc(Br)c(C)c2)cn1. The van der Waals surface area contributed by atoms with Gasteiger partial charge in [0, 0.05) is 16.4 Å². The normalized spacial score (nSPS) is 10.4. The smallest absolute Gasteiger partial charge is 0.358 e. The van der Waals surface area contributed by atoms with E-state index in [4.69, 9.17) is 4.74 Å². The molecule has 18 heavy (non-hydrogen) atoms. The maximum Gasteiger partial charge on any atom is 0.358 e. The number of hydrogen-bond donors (Lipinski definition) is 0. The van der Waals surface area contributed by atoms with Gasteiger partial charge < -0.3 is 9.30 Å². The molecule has 1 aromatic carbocycles.